The maximum absolute atomic E-state index is 4.34. The number of hydrogen-bond donors (Lipinski definition) is 1. The average molecular weight is 206 g/mol. The predicted octanol–water partition coefficient (Wildman–Crippen LogP) is 1.67. The fourth-order valence-electron chi connectivity index (χ4n) is 1.85. The Morgan fingerprint density at radius 1 is 1.47 bits per heavy atom. The highest BCUT2D eigenvalue weighted by atomic mass is 15.2. The summed E-state index contributed by atoms with van der Waals surface area (Å²) >= 11 is 0. The van der Waals surface area contributed by atoms with Crippen LogP contribution in [-0.2, 0) is 0 Å². The van der Waals surface area contributed by atoms with Crippen molar-refractivity contribution in [3.63, 3.8) is 0 Å². The first-order valence-electron chi connectivity index (χ1n) is 5.43. The molecule has 0 bridgehead atoms. The van der Waals surface area contributed by atoms with Gasteiger partial charge < -0.3 is 10.2 Å². The van der Waals surface area contributed by atoms with Crippen LogP contribution in [0.3, 0.4) is 0 Å². The molecular weight excluding hydrogens is 188 g/mol. The SMILES string of the molecule is CNc1ncnc(N(C)CC2CC2)c1C. The minimum absolute atomic E-state index is 0.877. The zero-order valence-corrected chi connectivity index (χ0v) is 9.62. The topological polar surface area (TPSA) is 41.1 Å². The Morgan fingerprint density at radius 2 is 2.20 bits per heavy atom. The molecule has 1 fully saturated rings. The quantitative estimate of drug-likeness (QED) is 0.813. The van der Waals surface area contributed by atoms with E-state index in [9.17, 15) is 0 Å². The first-order valence-corrected chi connectivity index (χ1v) is 5.43. The van der Waals surface area contributed by atoms with Crippen molar-refractivity contribution in [2.45, 2.75) is 19.8 Å². The van der Waals surface area contributed by atoms with E-state index in [1.54, 1.807) is 6.33 Å². The molecule has 1 aromatic rings. The van der Waals surface area contributed by atoms with E-state index in [0.29, 0.717) is 0 Å². The van der Waals surface area contributed by atoms with Crippen LogP contribution < -0.4 is 10.2 Å². The number of aromatic nitrogens is 2. The lowest BCUT2D eigenvalue weighted by molar-refractivity contribution is 0.772. The van der Waals surface area contributed by atoms with E-state index in [2.05, 4.69) is 34.2 Å². The van der Waals surface area contributed by atoms with Crippen molar-refractivity contribution in [1.82, 2.24) is 9.97 Å². The standard InChI is InChI=1S/C11H18N4/c1-8-10(12-2)13-7-14-11(8)15(3)6-9-4-5-9/h7,9H,4-6H2,1-3H3,(H,12,13,14). The second kappa shape index (κ2) is 4.04. The molecule has 0 spiro atoms. The molecule has 2 rings (SSSR count). The Bertz CT molecular complexity index is 346. The number of hydrogen-bond acceptors (Lipinski definition) is 4. The summed E-state index contributed by atoms with van der Waals surface area (Å²) in [5, 5.41) is 3.08. The summed E-state index contributed by atoms with van der Waals surface area (Å²) in [6.45, 7) is 3.17. The summed E-state index contributed by atoms with van der Waals surface area (Å²) in [7, 11) is 3.99. The van der Waals surface area contributed by atoms with E-state index in [-0.39, 0.29) is 0 Å². The van der Waals surface area contributed by atoms with Gasteiger partial charge in [0.1, 0.15) is 18.0 Å². The lowest BCUT2D eigenvalue weighted by Gasteiger charge is -2.20. The number of nitrogens with zero attached hydrogens (tertiary/aromatic N) is 3. The van der Waals surface area contributed by atoms with Crippen LogP contribution in [0, 0.1) is 12.8 Å². The molecule has 1 heterocycles. The van der Waals surface area contributed by atoms with Gasteiger partial charge in [-0.2, -0.15) is 0 Å². The van der Waals surface area contributed by atoms with Gasteiger partial charge in [-0.05, 0) is 25.7 Å². The van der Waals surface area contributed by atoms with Crippen LogP contribution in [0.15, 0.2) is 6.33 Å². The van der Waals surface area contributed by atoms with E-state index in [1.807, 2.05) is 7.05 Å². The smallest absolute Gasteiger partial charge is 0.136 e. The molecule has 1 saturated carbocycles. The zero-order chi connectivity index (χ0) is 10.8. The minimum atomic E-state index is 0.877. The lowest BCUT2D eigenvalue weighted by atomic mass is 10.3. The van der Waals surface area contributed by atoms with Gasteiger partial charge in [0.15, 0.2) is 0 Å². The molecule has 15 heavy (non-hydrogen) atoms. The minimum Gasteiger partial charge on any atom is -0.373 e. The summed E-state index contributed by atoms with van der Waals surface area (Å²) in [5.41, 5.74) is 1.13. The van der Waals surface area contributed by atoms with Gasteiger partial charge in [0, 0.05) is 26.2 Å². The number of nitrogens with one attached hydrogen (secondary N) is 1. The van der Waals surface area contributed by atoms with Crippen molar-refractivity contribution in [2.24, 2.45) is 5.92 Å². The second-order valence-electron chi connectivity index (χ2n) is 4.24. The highest BCUT2D eigenvalue weighted by molar-refractivity contribution is 5.57. The third-order valence-electron chi connectivity index (χ3n) is 2.88. The van der Waals surface area contributed by atoms with Gasteiger partial charge in [-0.15, -0.1) is 0 Å². The molecular formula is C11H18N4. The van der Waals surface area contributed by atoms with Gasteiger partial charge in [0.2, 0.25) is 0 Å². The molecule has 82 valence electrons. The molecule has 1 aliphatic rings. The maximum atomic E-state index is 4.34. The normalized spacial score (nSPS) is 15.1. The van der Waals surface area contributed by atoms with Crippen molar-refractivity contribution in [1.29, 1.82) is 0 Å². The van der Waals surface area contributed by atoms with Crippen LogP contribution in [0.5, 0.6) is 0 Å². The van der Waals surface area contributed by atoms with Crippen LogP contribution >= 0.6 is 0 Å². The van der Waals surface area contributed by atoms with Crippen LogP contribution in [0.1, 0.15) is 18.4 Å². The summed E-state index contributed by atoms with van der Waals surface area (Å²) in [6.07, 6.45) is 4.36. The molecule has 1 aromatic heterocycles. The molecule has 0 saturated heterocycles. The second-order valence-corrected chi connectivity index (χ2v) is 4.24. The zero-order valence-electron chi connectivity index (χ0n) is 9.62. The number of anilines is 2. The molecule has 0 amide bonds. The van der Waals surface area contributed by atoms with Crippen LogP contribution in [0.4, 0.5) is 11.6 Å². The van der Waals surface area contributed by atoms with Crippen molar-refractivity contribution >= 4 is 11.6 Å². The first kappa shape index (κ1) is 10.2. The Balaban J connectivity index is 2.17. The Hall–Kier alpha value is -1.32. The fraction of sp³-hybridized carbons (Fsp3) is 0.636. The van der Waals surface area contributed by atoms with Crippen molar-refractivity contribution in [2.75, 3.05) is 30.9 Å². The summed E-state index contributed by atoms with van der Waals surface area (Å²) in [6, 6.07) is 0. The van der Waals surface area contributed by atoms with Crippen LogP contribution in [-0.4, -0.2) is 30.6 Å². The monoisotopic (exact) mass is 206 g/mol. The predicted molar refractivity (Wildman–Crippen MR) is 62.3 cm³/mol. The molecule has 0 atom stereocenters. The van der Waals surface area contributed by atoms with E-state index in [0.717, 1.165) is 29.7 Å². The molecule has 4 heteroatoms. The summed E-state index contributed by atoms with van der Waals surface area (Å²) in [4.78, 5) is 10.8. The molecule has 0 aromatic carbocycles. The van der Waals surface area contributed by atoms with Gasteiger partial charge in [-0.1, -0.05) is 0 Å². The van der Waals surface area contributed by atoms with E-state index in [1.165, 1.54) is 12.8 Å². The van der Waals surface area contributed by atoms with Crippen molar-refractivity contribution in [3.05, 3.63) is 11.9 Å². The van der Waals surface area contributed by atoms with Gasteiger partial charge in [0.25, 0.3) is 0 Å². The summed E-state index contributed by atoms with van der Waals surface area (Å²) < 4.78 is 0. The first-order chi connectivity index (χ1) is 7.22. The van der Waals surface area contributed by atoms with Gasteiger partial charge in [-0.25, -0.2) is 9.97 Å². The fourth-order valence-corrected chi connectivity index (χ4v) is 1.85. The van der Waals surface area contributed by atoms with Gasteiger partial charge in [-0.3, -0.25) is 0 Å². The van der Waals surface area contributed by atoms with Crippen molar-refractivity contribution < 1.29 is 0 Å². The largest absolute Gasteiger partial charge is 0.373 e. The number of rotatable bonds is 4. The maximum Gasteiger partial charge on any atom is 0.136 e. The molecule has 1 N–H and O–H groups in total. The molecule has 1 aliphatic carbocycles. The molecule has 4 nitrogen and oxygen atoms in total. The highest BCUT2D eigenvalue weighted by Gasteiger charge is 2.24. The third-order valence-corrected chi connectivity index (χ3v) is 2.88. The Morgan fingerprint density at radius 3 is 2.80 bits per heavy atom. The lowest BCUT2D eigenvalue weighted by Crippen LogP contribution is -2.22. The van der Waals surface area contributed by atoms with Gasteiger partial charge in [0.05, 0.1) is 0 Å². The van der Waals surface area contributed by atoms with Crippen molar-refractivity contribution in [3.8, 4) is 0 Å². The van der Waals surface area contributed by atoms with Crippen LogP contribution in [0.2, 0.25) is 0 Å². The molecule has 0 aliphatic heterocycles. The summed E-state index contributed by atoms with van der Waals surface area (Å²) in [5.74, 6) is 2.84. The van der Waals surface area contributed by atoms with E-state index >= 15 is 0 Å². The van der Waals surface area contributed by atoms with E-state index in [4.69, 9.17) is 0 Å². The molecule has 0 radical (unpaired) electrons. The average Bonchev–Trinajstić information content (AvgIpc) is 3.02. The van der Waals surface area contributed by atoms with E-state index < -0.39 is 0 Å². The van der Waals surface area contributed by atoms with Gasteiger partial charge >= 0.3 is 0 Å². The molecule has 0 unspecified atom stereocenters. The Labute approximate surface area is 90.7 Å². The van der Waals surface area contributed by atoms with Crippen LogP contribution in [0.25, 0.3) is 0 Å². The third kappa shape index (κ3) is 2.19. The highest BCUT2D eigenvalue weighted by Crippen LogP contribution is 2.31. The Kier molecular flexibility index (Phi) is 2.75.